The van der Waals surface area contributed by atoms with Gasteiger partial charge in [-0.2, -0.15) is 0 Å². The second kappa shape index (κ2) is 8.60. The number of rotatable bonds is 6. The van der Waals surface area contributed by atoms with Gasteiger partial charge in [0.15, 0.2) is 6.10 Å². The van der Waals surface area contributed by atoms with Gasteiger partial charge in [0.2, 0.25) is 11.7 Å². The maximum atomic E-state index is 12.5. The molecule has 2 aromatic carbocycles. The summed E-state index contributed by atoms with van der Waals surface area (Å²) in [5.41, 5.74) is 2.28. The van der Waals surface area contributed by atoms with Crippen LogP contribution in [0.15, 0.2) is 59.0 Å². The molecule has 7 heteroatoms. The van der Waals surface area contributed by atoms with Crippen molar-refractivity contribution >= 4 is 34.4 Å². The Bertz CT molecular complexity index is 1010. The van der Waals surface area contributed by atoms with Crippen LogP contribution >= 0.6 is 0 Å². The Morgan fingerprint density at radius 3 is 2.48 bits per heavy atom. The minimum atomic E-state index is -1.06. The summed E-state index contributed by atoms with van der Waals surface area (Å²) in [6.07, 6.45) is -1.06. The van der Waals surface area contributed by atoms with Crippen LogP contribution in [0.2, 0.25) is 0 Å². The highest BCUT2D eigenvalue weighted by Crippen LogP contribution is 2.20. The van der Waals surface area contributed by atoms with Crippen LogP contribution in [0.5, 0.6) is 0 Å². The van der Waals surface area contributed by atoms with Crippen LogP contribution in [0.4, 0.5) is 5.69 Å². The molecule has 1 N–H and O–H groups in total. The lowest BCUT2D eigenvalue weighted by Gasteiger charge is -2.20. The molecule has 0 saturated heterocycles. The molecule has 1 aromatic heterocycles. The van der Waals surface area contributed by atoms with E-state index < -0.39 is 18.0 Å². The maximum absolute atomic E-state index is 12.5. The second-order valence-electron chi connectivity index (χ2n) is 6.80. The van der Waals surface area contributed by atoms with E-state index in [0.29, 0.717) is 11.3 Å². The molecule has 2 amide bonds. The smallest absolute Gasteiger partial charge is 0.375 e. The monoisotopic (exact) mass is 394 g/mol. The molecule has 7 nitrogen and oxygen atoms in total. The number of amides is 2. The van der Waals surface area contributed by atoms with Gasteiger partial charge in [0.05, 0.1) is 6.54 Å². The van der Waals surface area contributed by atoms with Crippen LogP contribution in [-0.2, 0) is 14.3 Å². The summed E-state index contributed by atoms with van der Waals surface area (Å²) < 4.78 is 10.7. The lowest BCUT2D eigenvalue weighted by molar-refractivity contribution is -0.140. The summed E-state index contributed by atoms with van der Waals surface area (Å²) in [5, 5.41) is 3.49. The van der Waals surface area contributed by atoms with E-state index in [2.05, 4.69) is 5.32 Å². The molecule has 0 unspecified atom stereocenters. The highest BCUT2D eigenvalue weighted by molar-refractivity contribution is 5.96. The van der Waals surface area contributed by atoms with E-state index in [9.17, 15) is 14.4 Å². The molecule has 0 saturated carbocycles. The third kappa shape index (κ3) is 5.01. The van der Waals surface area contributed by atoms with Gasteiger partial charge in [-0.25, -0.2) is 4.79 Å². The quantitative estimate of drug-likeness (QED) is 0.648. The molecule has 0 aliphatic heterocycles. The van der Waals surface area contributed by atoms with Gasteiger partial charge in [0.1, 0.15) is 5.58 Å². The zero-order valence-corrected chi connectivity index (χ0v) is 16.5. The van der Waals surface area contributed by atoms with Crippen molar-refractivity contribution in [1.29, 1.82) is 0 Å². The first-order chi connectivity index (χ1) is 13.8. The van der Waals surface area contributed by atoms with Gasteiger partial charge in [-0.1, -0.05) is 35.9 Å². The van der Waals surface area contributed by atoms with Crippen molar-refractivity contribution in [3.63, 3.8) is 0 Å². The molecule has 29 heavy (non-hydrogen) atoms. The number of hydrogen-bond donors (Lipinski definition) is 1. The number of carbonyl (C=O) groups is 3. The lowest BCUT2D eigenvalue weighted by Crippen LogP contribution is -2.41. The van der Waals surface area contributed by atoms with Crippen molar-refractivity contribution in [2.24, 2.45) is 0 Å². The summed E-state index contributed by atoms with van der Waals surface area (Å²) in [5.74, 6) is -1.56. The van der Waals surface area contributed by atoms with Gasteiger partial charge >= 0.3 is 5.97 Å². The number of esters is 1. The van der Waals surface area contributed by atoms with Gasteiger partial charge in [-0.3, -0.25) is 9.59 Å². The number of ether oxygens (including phenoxy) is 1. The van der Waals surface area contributed by atoms with Gasteiger partial charge in [-0.15, -0.1) is 0 Å². The van der Waals surface area contributed by atoms with Gasteiger partial charge in [0, 0.05) is 18.1 Å². The number of benzene rings is 2. The highest BCUT2D eigenvalue weighted by Gasteiger charge is 2.25. The van der Waals surface area contributed by atoms with E-state index in [1.807, 2.05) is 31.2 Å². The van der Waals surface area contributed by atoms with E-state index in [-0.39, 0.29) is 18.2 Å². The third-order valence-corrected chi connectivity index (χ3v) is 4.35. The minimum absolute atomic E-state index is 0.0191. The van der Waals surface area contributed by atoms with Crippen LogP contribution in [0.3, 0.4) is 0 Å². The van der Waals surface area contributed by atoms with Crippen LogP contribution in [0.25, 0.3) is 11.0 Å². The van der Waals surface area contributed by atoms with Crippen LogP contribution in [0.1, 0.15) is 23.0 Å². The predicted molar refractivity (Wildman–Crippen MR) is 109 cm³/mol. The van der Waals surface area contributed by atoms with E-state index in [1.165, 1.54) is 18.9 Å². The summed E-state index contributed by atoms with van der Waals surface area (Å²) in [4.78, 5) is 38.1. The molecule has 0 bridgehead atoms. The SMILES string of the molecule is Cc1ccc(NC(=O)CN(C)C(=O)[C@H](C)OC(=O)c2cc3ccccc3o2)cc1. The first-order valence-corrected chi connectivity index (χ1v) is 9.14. The Balaban J connectivity index is 1.54. The molecular weight excluding hydrogens is 372 g/mol. The van der Waals surface area contributed by atoms with E-state index in [4.69, 9.17) is 9.15 Å². The number of likely N-dealkylation sites (N-methyl/N-ethyl adjacent to an activating group) is 1. The Morgan fingerprint density at radius 2 is 1.79 bits per heavy atom. The molecule has 0 fully saturated rings. The first kappa shape index (κ1) is 20.1. The largest absolute Gasteiger partial charge is 0.449 e. The molecular formula is C22H22N2O5. The standard InChI is InChI=1S/C22H22N2O5/c1-14-8-10-17(11-9-14)23-20(25)13-24(3)21(26)15(2)28-22(27)19-12-16-6-4-5-7-18(16)29-19/h4-12,15H,13H2,1-3H3,(H,23,25)/t15-/m0/s1. The number of para-hydroxylation sites is 1. The molecule has 150 valence electrons. The van der Waals surface area contributed by atoms with E-state index >= 15 is 0 Å². The zero-order valence-electron chi connectivity index (χ0n) is 16.5. The highest BCUT2D eigenvalue weighted by atomic mass is 16.6. The van der Waals surface area contributed by atoms with Crippen molar-refractivity contribution in [3.05, 3.63) is 65.9 Å². The molecule has 1 heterocycles. The number of furan rings is 1. The number of fused-ring (bicyclic) bond motifs is 1. The number of nitrogens with one attached hydrogen (secondary N) is 1. The molecule has 3 aromatic rings. The molecule has 3 rings (SSSR count). The van der Waals surface area contributed by atoms with Crippen molar-refractivity contribution < 1.29 is 23.5 Å². The average Bonchev–Trinajstić information content (AvgIpc) is 3.13. The number of aryl methyl sites for hydroxylation is 1. The van der Waals surface area contributed by atoms with Crippen LogP contribution in [0, 0.1) is 6.92 Å². The summed E-state index contributed by atoms with van der Waals surface area (Å²) in [6.45, 7) is 3.24. The van der Waals surface area contributed by atoms with Gasteiger partial charge in [-0.05, 0) is 38.1 Å². The number of anilines is 1. The number of carbonyl (C=O) groups excluding carboxylic acids is 3. The molecule has 0 aliphatic carbocycles. The summed E-state index contributed by atoms with van der Waals surface area (Å²) in [7, 11) is 1.47. The topological polar surface area (TPSA) is 88.9 Å². The second-order valence-corrected chi connectivity index (χ2v) is 6.80. The average molecular weight is 394 g/mol. The van der Waals surface area contributed by atoms with E-state index in [0.717, 1.165) is 10.9 Å². The Morgan fingerprint density at radius 1 is 1.10 bits per heavy atom. The predicted octanol–water partition coefficient (Wildman–Crippen LogP) is 3.38. The van der Waals surface area contributed by atoms with Crippen molar-refractivity contribution in [3.8, 4) is 0 Å². The zero-order chi connectivity index (χ0) is 21.0. The van der Waals surface area contributed by atoms with Crippen LogP contribution in [-0.4, -0.2) is 42.4 Å². The fraction of sp³-hybridized carbons (Fsp3) is 0.227. The van der Waals surface area contributed by atoms with E-state index in [1.54, 1.807) is 30.3 Å². The van der Waals surface area contributed by atoms with Crippen molar-refractivity contribution in [2.45, 2.75) is 20.0 Å². The van der Waals surface area contributed by atoms with Gasteiger partial charge < -0.3 is 19.4 Å². The molecule has 0 aliphatic rings. The minimum Gasteiger partial charge on any atom is -0.449 e. The fourth-order valence-corrected chi connectivity index (χ4v) is 2.79. The Hall–Kier alpha value is -3.61. The first-order valence-electron chi connectivity index (χ1n) is 9.14. The fourth-order valence-electron chi connectivity index (χ4n) is 2.79. The molecule has 1 atom stereocenters. The van der Waals surface area contributed by atoms with Gasteiger partial charge in [0.25, 0.3) is 5.91 Å². The Kier molecular flexibility index (Phi) is 5.97. The molecule has 0 radical (unpaired) electrons. The normalized spacial score (nSPS) is 11.7. The number of hydrogen-bond acceptors (Lipinski definition) is 5. The Labute approximate surface area is 168 Å². The van der Waals surface area contributed by atoms with Crippen LogP contribution < -0.4 is 5.32 Å². The molecule has 0 spiro atoms. The summed E-state index contributed by atoms with van der Waals surface area (Å²) >= 11 is 0. The third-order valence-electron chi connectivity index (χ3n) is 4.35. The van der Waals surface area contributed by atoms with Crippen molar-refractivity contribution in [2.75, 3.05) is 18.9 Å². The summed E-state index contributed by atoms with van der Waals surface area (Å²) in [6, 6.07) is 16.1. The van der Waals surface area contributed by atoms with Crippen molar-refractivity contribution in [1.82, 2.24) is 4.90 Å². The number of nitrogens with zero attached hydrogens (tertiary/aromatic N) is 1. The maximum Gasteiger partial charge on any atom is 0.375 e. The lowest BCUT2D eigenvalue weighted by atomic mass is 10.2.